The number of para-hydroxylation sites is 2. The summed E-state index contributed by atoms with van der Waals surface area (Å²) >= 11 is 1.73. The number of hydrogen-bond acceptors (Lipinski definition) is 4. The molecular formula is C22H26N4O2S. The van der Waals surface area contributed by atoms with Crippen molar-refractivity contribution in [2.45, 2.75) is 38.5 Å². The van der Waals surface area contributed by atoms with Crippen LogP contribution in [0.3, 0.4) is 0 Å². The lowest BCUT2D eigenvalue weighted by Gasteiger charge is -2.11. The summed E-state index contributed by atoms with van der Waals surface area (Å²) in [7, 11) is 0. The van der Waals surface area contributed by atoms with Crippen LogP contribution in [0.1, 0.15) is 41.5 Å². The van der Waals surface area contributed by atoms with Gasteiger partial charge in [-0.05, 0) is 42.5 Å². The number of hydrazine groups is 1. The highest BCUT2D eigenvalue weighted by molar-refractivity contribution is 7.97. The van der Waals surface area contributed by atoms with Crippen LogP contribution in [0.15, 0.2) is 48.5 Å². The van der Waals surface area contributed by atoms with E-state index in [0.717, 1.165) is 47.4 Å². The topological polar surface area (TPSA) is 76.0 Å². The van der Waals surface area contributed by atoms with Crippen molar-refractivity contribution in [2.24, 2.45) is 0 Å². The second kappa shape index (κ2) is 10.1. The molecule has 0 aliphatic heterocycles. The number of rotatable bonds is 8. The van der Waals surface area contributed by atoms with E-state index < -0.39 is 0 Å². The number of nitrogens with one attached hydrogen (secondary N) is 2. The van der Waals surface area contributed by atoms with Gasteiger partial charge in [0, 0.05) is 17.7 Å². The summed E-state index contributed by atoms with van der Waals surface area (Å²) in [6, 6.07) is 15.1. The summed E-state index contributed by atoms with van der Waals surface area (Å²) in [6.07, 6.45) is 4.91. The van der Waals surface area contributed by atoms with E-state index in [1.165, 1.54) is 0 Å². The van der Waals surface area contributed by atoms with Gasteiger partial charge in [0.25, 0.3) is 11.8 Å². The zero-order chi connectivity index (χ0) is 20.6. The predicted molar refractivity (Wildman–Crippen MR) is 118 cm³/mol. The van der Waals surface area contributed by atoms with E-state index in [1.807, 2.05) is 47.2 Å². The van der Waals surface area contributed by atoms with Gasteiger partial charge in [-0.2, -0.15) is 11.8 Å². The first-order valence-electron chi connectivity index (χ1n) is 9.73. The molecule has 1 heterocycles. The molecule has 0 aliphatic carbocycles. The van der Waals surface area contributed by atoms with Gasteiger partial charge in [-0.1, -0.05) is 37.6 Å². The van der Waals surface area contributed by atoms with Crippen molar-refractivity contribution >= 4 is 34.6 Å². The minimum Gasteiger partial charge on any atom is -0.318 e. The highest BCUT2D eigenvalue weighted by Crippen LogP contribution is 2.17. The first-order valence-corrected chi connectivity index (χ1v) is 11.1. The average molecular weight is 411 g/mol. The first-order chi connectivity index (χ1) is 14.1. The molecular weight excluding hydrogens is 384 g/mol. The van der Waals surface area contributed by atoms with Crippen molar-refractivity contribution in [3.8, 4) is 0 Å². The average Bonchev–Trinajstić information content (AvgIpc) is 3.08. The van der Waals surface area contributed by atoms with Gasteiger partial charge in [0.1, 0.15) is 12.4 Å². The molecule has 2 N–H and O–H groups in total. The number of nitrogens with zero attached hydrogens (tertiary/aromatic N) is 2. The van der Waals surface area contributed by atoms with Gasteiger partial charge in [-0.25, -0.2) is 4.98 Å². The van der Waals surface area contributed by atoms with Crippen LogP contribution < -0.4 is 10.9 Å². The van der Waals surface area contributed by atoms with E-state index in [4.69, 9.17) is 0 Å². The fraction of sp³-hybridized carbons (Fsp3) is 0.318. The highest BCUT2D eigenvalue weighted by Gasteiger charge is 2.14. The summed E-state index contributed by atoms with van der Waals surface area (Å²) in [5.74, 6) is 1.16. The van der Waals surface area contributed by atoms with Gasteiger partial charge in [0.2, 0.25) is 0 Å². The molecule has 0 spiro atoms. The summed E-state index contributed by atoms with van der Waals surface area (Å²) < 4.78 is 1.92. The molecule has 0 saturated heterocycles. The number of amides is 2. The van der Waals surface area contributed by atoms with Crippen LogP contribution in [-0.4, -0.2) is 27.6 Å². The van der Waals surface area contributed by atoms with Crippen molar-refractivity contribution in [3.63, 3.8) is 0 Å². The molecule has 7 heteroatoms. The van der Waals surface area contributed by atoms with E-state index in [1.54, 1.807) is 23.9 Å². The lowest BCUT2D eigenvalue weighted by Crippen LogP contribution is -2.43. The van der Waals surface area contributed by atoms with E-state index >= 15 is 0 Å². The van der Waals surface area contributed by atoms with E-state index in [2.05, 4.69) is 22.8 Å². The molecule has 2 aromatic carbocycles. The van der Waals surface area contributed by atoms with Crippen molar-refractivity contribution < 1.29 is 9.59 Å². The molecule has 0 atom stereocenters. The number of imidazole rings is 1. The van der Waals surface area contributed by atoms with Crippen LogP contribution in [-0.2, 0) is 23.5 Å². The van der Waals surface area contributed by atoms with Crippen molar-refractivity contribution in [1.29, 1.82) is 0 Å². The third-order valence-electron chi connectivity index (χ3n) is 4.63. The highest BCUT2D eigenvalue weighted by atomic mass is 32.2. The molecule has 152 valence electrons. The fourth-order valence-corrected chi connectivity index (χ4v) is 3.65. The van der Waals surface area contributed by atoms with Crippen LogP contribution in [0.2, 0.25) is 0 Å². The number of hydrogen-bond donors (Lipinski definition) is 2. The Balaban J connectivity index is 1.63. The Bertz CT molecular complexity index is 982. The minimum absolute atomic E-state index is 0.104. The van der Waals surface area contributed by atoms with Gasteiger partial charge in [0.15, 0.2) is 0 Å². The molecule has 29 heavy (non-hydrogen) atoms. The van der Waals surface area contributed by atoms with Gasteiger partial charge in [-0.15, -0.1) is 0 Å². The molecule has 2 amide bonds. The second-order valence-electron chi connectivity index (χ2n) is 6.84. The van der Waals surface area contributed by atoms with Crippen molar-refractivity contribution in [1.82, 2.24) is 20.4 Å². The molecule has 0 bridgehead atoms. The zero-order valence-corrected chi connectivity index (χ0v) is 17.6. The Labute approximate surface area is 175 Å². The number of aryl methyl sites for hydroxylation is 1. The van der Waals surface area contributed by atoms with Crippen LogP contribution in [0, 0.1) is 0 Å². The monoisotopic (exact) mass is 410 g/mol. The molecule has 0 saturated carbocycles. The Hall–Kier alpha value is -2.80. The zero-order valence-electron chi connectivity index (χ0n) is 16.8. The number of fused-ring (bicyclic) bond motifs is 1. The fourth-order valence-electron chi connectivity index (χ4n) is 3.13. The molecule has 0 unspecified atom stereocenters. The summed E-state index contributed by atoms with van der Waals surface area (Å²) in [6.45, 7) is 2.23. The summed E-state index contributed by atoms with van der Waals surface area (Å²) in [5, 5.41) is 0. The minimum atomic E-state index is -0.337. The molecule has 0 fully saturated rings. The maximum Gasteiger partial charge on any atom is 0.269 e. The molecule has 0 aliphatic rings. The number of unbranched alkanes of at least 4 members (excludes halogenated alkanes) is 1. The van der Waals surface area contributed by atoms with Crippen LogP contribution in [0.4, 0.5) is 0 Å². The van der Waals surface area contributed by atoms with Crippen LogP contribution in [0.5, 0.6) is 0 Å². The molecule has 0 radical (unpaired) electrons. The lowest BCUT2D eigenvalue weighted by molar-refractivity contribution is -0.122. The van der Waals surface area contributed by atoms with Crippen molar-refractivity contribution in [2.75, 3.05) is 6.26 Å². The maximum absolute atomic E-state index is 12.5. The first kappa shape index (κ1) is 20.9. The summed E-state index contributed by atoms with van der Waals surface area (Å²) in [5.41, 5.74) is 8.47. The quantitative estimate of drug-likeness (QED) is 0.555. The Morgan fingerprint density at radius 2 is 1.83 bits per heavy atom. The number of carbonyl (C=O) groups is 2. The van der Waals surface area contributed by atoms with Gasteiger partial charge < -0.3 is 4.57 Å². The number of thioether (sulfide) groups is 1. The largest absolute Gasteiger partial charge is 0.318 e. The summed E-state index contributed by atoms with van der Waals surface area (Å²) in [4.78, 5) is 29.4. The SMILES string of the molecule is CCCCc1nc2ccccc2n1CC(=O)NNC(=O)c1ccc(CSC)cc1. The Kier molecular flexibility index (Phi) is 7.30. The Morgan fingerprint density at radius 3 is 2.55 bits per heavy atom. The van der Waals surface area contributed by atoms with Gasteiger partial charge in [-0.3, -0.25) is 20.4 Å². The number of carbonyl (C=O) groups excluding carboxylic acids is 2. The molecule has 3 aromatic rings. The molecule has 1 aromatic heterocycles. The van der Waals surface area contributed by atoms with E-state index in [9.17, 15) is 9.59 Å². The van der Waals surface area contributed by atoms with Crippen molar-refractivity contribution in [3.05, 3.63) is 65.5 Å². The second-order valence-corrected chi connectivity index (χ2v) is 7.70. The standard InChI is InChI=1S/C22H26N4O2S/c1-3-4-9-20-23-18-7-5-6-8-19(18)26(20)14-21(27)24-25-22(28)17-12-10-16(11-13-17)15-29-2/h5-8,10-13H,3-4,9,14-15H2,1-2H3,(H,24,27)(H,25,28). The third kappa shape index (κ3) is 5.38. The normalized spacial score (nSPS) is 10.8. The lowest BCUT2D eigenvalue weighted by atomic mass is 10.1. The van der Waals surface area contributed by atoms with Crippen LogP contribution in [0.25, 0.3) is 11.0 Å². The number of aromatic nitrogens is 2. The molecule has 3 rings (SSSR count). The van der Waals surface area contributed by atoms with E-state index in [-0.39, 0.29) is 18.4 Å². The van der Waals surface area contributed by atoms with E-state index in [0.29, 0.717) is 5.56 Å². The van der Waals surface area contributed by atoms with Crippen LogP contribution >= 0.6 is 11.8 Å². The molecule has 6 nitrogen and oxygen atoms in total. The van der Waals surface area contributed by atoms with Gasteiger partial charge in [0.05, 0.1) is 11.0 Å². The smallest absolute Gasteiger partial charge is 0.269 e. The Morgan fingerprint density at radius 1 is 1.07 bits per heavy atom. The number of benzene rings is 2. The van der Waals surface area contributed by atoms with Gasteiger partial charge >= 0.3 is 0 Å². The third-order valence-corrected chi connectivity index (χ3v) is 5.25. The predicted octanol–water partition coefficient (Wildman–Crippen LogP) is 3.70. The maximum atomic E-state index is 12.5.